The molecule has 0 radical (unpaired) electrons. The van der Waals surface area contributed by atoms with Gasteiger partial charge in [-0.25, -0.2) is 0 Å². The molecule has 2 heterocycles. The van der Waals surface area contributed by atoms with E-state index in [0.717, 1.165) is 42.1 Å². The Kier molecular flexibility index (Phi) is 7.91. The van der Waals surface area contributed by atoms with Gasteiger partial charge in [0, 0.05) is 38.0 Å². The number of aromatic nitrogens is 2. The number of aliphatic hydroxyl groups is 2. The zero-order valence-electron chi connectivity index (χ0n) is 17.5. The Hall–Kier alpha value is -2.09. The van der Waals surface area contributed by atoms with E-state index in [1.165, 1.54) is 0 Å². The highest BCUT2D eigenvalue weighted by Gasteiger charge is 2.21. The summed E-state index contributed by atoms with van der Waals surface area (Å²) >= 11 is 0. The lowest BCUT2D eigenvalue weighted by Crippen LogP contribution is -2.35. The van der Waals surface area contributed by atoms with Gasteiger partial charge in [0.15, 0.2) is 0 Å². The zero-order chi connectivity index (χ0) is 20.6. The molecule has 0 amide bonds. The summed E-state index contributed by atoms with van der Waals surface area (Å²) in [5.74, 6) is 0.834. The molecule has 0 aliphatic carbocycles. The SMILES string of the molecule is CCn1cc(CN2CC[C@H](O)[C@H](O)COCCCCOc3ccccc32)c(C)n1. The summed E-state index contributed by atoms with van der Waals surface area (Å²) in [7, 11) is 0. The van der Waals surface area contributed by atoms with Crippen molar-refractivity contribution in [1.29, 1.82) is 0 Å². The van der Waals surface area contributed by atoms with Crippen LogP contribution in [0.5, 0.6) is 5.75 Å². The summed E-state index contributed by atoms with van der Waals surface area (Å²) in [5.41, 5.74) is 3.13. The molecule has 2 aromatic rings. The Bertz CT molecular complexity index is 764. The number of fused-ring (bicyclic) bond motifs is 1. The van der Waals surface area contributed by atoms with Crippen molar-refractivity contribution in [3.63, 3.8) is 0 Å². The molecule has 0 saturated carbocycles. The fraction of sp³-hybridized carbons (Fsp3) is 0.591. The third kappa shape index (κ3) is 5.95. The number of anilines is 1. The number of ether oxygens (including phenoxy) is 2. The van der Waals surface area contributed by atoms with Gasteiger partial charge in [0.2, 0.25) is 0 Å². The maximum absolute atomic E-state index is 10.4. The molecule has 0 bridgehead atoms. The number of aliphatic hydroxyl groups excluding tert-OH is 2. The lowest BCUT2D eigenvalue weighted by atomic mass is 10.1. The van der Waals surface area contributed by atoms with Gasteiger partial charge in [0.1, 0.15) is 11.9 Å². The van der Waals surface area contributed by atoms with Crippen LogP contribution >= 0.6 is 0 Å². The van der Waals surface area contributed by atoms with Gasteiger partial charge < -0.3 is 24.6 Å². The highest BCUT2D eigenvalue weighted by atomic mass is 16.5. The Labute approximate surface area is 172 Å². The van der Waals surface area contributed by atoms with Crippen LogP contribution in [-0.4, -0.2) is 58.6 Å². The maximum Gasteiger partial charge on any atom is 0.142 e. The first-order valence-electron chi connectivity index (χ1n) is 10.5. The molecule has 7 nitrogen and oxygen atoms in total. The monoisotopic (exact) mass is 403 g/mol. The van der Waals surface area contributed by atoms with E-state index in [2.05, 4.69) is 23.1 Å². The van der Waals surface area contributed by atoms with Crippen LogP contribution < -0.4 is 9.64 Å². The van der Waals surface area contributed by atoms with Crippen LogP contribution in [0, 0.1) is 6.92 Å². The lowest BCUT2D eigenvalue weighted by Gasteiger charge is -2.29. The summed E-state index contributed by atoms with van der Waals surface area (Å²) in [5, 5.41) is 25.2. The second kappa shape index (κ2) is 10.6. The molecule has 1 aromatic carbocycles. The van der Waals surface area contributed by atoms with Crippen LogP contribution in [0.1, 0.15) is 37.4 Å². The first-order chi connectivity index (χ1) is 14.1. The normalized spacial score (nSPS) is 21.9. The van der Waals surface area contributed by atoms with Crippen molar-refractivity contribution in [2.45, 2.75) is 58.4 Å². The largest absolute Gasteiger partial charge is 0.491 e. The highest BCUT2D eigenvalue weighted by molar-refractivity contribution is 5.58. The van der Waals surface area contributed by atoms with Crippen molar-refractivity contribution >= 4 is 5.69 Å². The van der Waals surface area contributed by atoms with Crippen molar-refractivity contribution in [1.82, 2.24) is 9.78 Å². The summed E-state index contributed by atoms with van der Waals surface area (Å²) in [6, 6.07) is 8.01. The van der Waals surface area contributed by atoms with Gasteiger partial charge in [-0.1, -0.05) is 12.1 Å². The average molecular weight is 404 g/mol. The van der Waals surface area contributed by atoms with Gasteiger partial charge in [-0.05, 0) is 45.2 Å². The zero-order valence-corrected chi connectivity index (χ0v) is 17.5. The highest BCUT2D eigenvalue weighted by Crippen LogP contribution is 2.30. The van der Waals surface area contributed by atoms with Crippen LogP contribution in [0.25, 0.3) is 0 Å². The summed E-state index contributed by atoms with van der Waals surface area (Å²) in [6.07, 6.45) is 2.51. The Morgan fingerprint density at radius 1 is 1.14 bits per heavy atom. The molecule has 7 heteroatoms. The van der Waals surface area contributed by atoms with E-state index in [1.807, 2.05) is 35.9 Å². The van der Waals surface area contributed by atoms with Gasteiger partial charge in [-0.15, -0.1) is 0 Å². The summed E-state index contributed by atoms with van der Waals surface area (Å²) < 4.78 is 13.5. The molecular weight excluding hydrogens is 370 g/mol. The van der Waals surface area contributed by atoms with Crippen LogP contribution in [0.3, 0.4) is 0 Å². The van der Waals surface area contributed by atoms with Crippen molar-refractivity contribution in [3.8, 4) is 5.75 Å². The number of para-hydroxylation sites is 2. The molecule has 2 N–H and O–H groups in total. The summed E-state index contributed by atoms with van der Waals surface area (Å²) in [4.78, 5) is 2.20. The van der Waals surface area contributed by atoms with Gasteiger partial charge in [-0.2, -0.15) is 5.10 Å². The second-order valence-corrected chi connectivity index (χ2v) is 7.54. The van der Waals surface area contributed by atoms with Crippen LogP contribution in [0.15, 0.2) is 30.5 Å². The van der Waals surface area contributed by atoms with Gasteiger partial charge in [0.25, 0.3) is 0 Å². The molecule has 3 rings (SSSR count). The predicted octanol–water partition coefficient (Wildman–Crippen LogP) is 2.52. The number of hydrogen-bond donors (Lipinski definition) is 2. The van der Waals surface area contributed by atoms with E-state index in [0.29, 0.717) is 32.7 Å². The van der Waals surface area contributed by atoms with Crippen molar-refractivity contribution < 1.29 is 19.7 Å². The molecule has 0 saturated heterocycles. The maximum atomic E-state index is 10.4. The first kappa shape index (κ1) is 21.6. The fourth-order valence-electron chi connectivity index (χ4n) is 3.49. The molecule has 1 aromatic heterocycles. The minimum absolute atomic E-state index is 0.154. The number of nitrogens with zero attached hydrogens (tertiary/aromatic N) is 3. The first-order valence-corrected chi connectivity index (χ1v) is 10.5. The number of rotatable bonds is 3. The van der Waals surface area contributed by atoms with Crippen LogP contribution in [0.4, 0.5) is 5.69 Å². The predicted molar refractivity (Wildman–Crippen MR) is 112 cm³/mol. The van der Waals surface area contributed by atoms with E-state index in [1.54, 1.807) is 0 Å². The molecule has 160 valence electrons. The standard InChI is InChI=1S/C22H33N3O4/c1-3-25-15-18(17(2)23-25)14-24-11-10-20(26)21(27)16-28-12-6-7-13-29-22-9-5-4-8-19(22)24/h4-5,8-9,15,20-21,26-27H,3,6-7,10-14,16H2,1-2H3/t20-,21+/m0/s1. The molecular formula is C22H33N3O4. The molecule has 0 unspecified atom stereocenters. The second-order valence-electron chi connectivity index (χ2n) is 7.54. The van der Waals surface area contributed by atoms with E-state index >= 15 is 0 Å². The van der Waals surface area contributed by atoms with E-state index in [-0.39, 0.29) is 6.61 Å². The third-order valence-corrected chi connectivity index (χ3v) is 5.31. The molecule has 2 atom stereocenters. The van der Waals surface area contributed by atoms with Crippen molar-refractivity contribution in [2.24, 2.45) is 0 Å². The molecule has 1 aliphatic heterocycles. The third-order valence-electron chi connectivity index (χ3n) is 5.31. The molecule has 1 aliphatic rings. The molecule has 0 spiro atoms. The summed E-state index contributed by atoms with van der Waals surface area (Å²) in [6.45, 7) is 7.48. The number of benzene rings is 1. The van der Waals surface area contributed by atoms with Crippen molar-refractivity contribution in [2.75, 3.05) is 31.3 Å². The quantitative estimate of drug-likeness (QED) is 0.820. The Morgan fingerprint density at radius 3 is 2.72 bits per heavy atom. The molecule has 0 fully saturated rings. The van der Waals surface area contributed by atoms with Crippen molar-refractivity contribution in [3.05, 3.63) is 41.7 Å². The number of hydrogen-bond acceptors (Lipinski definition) is 6. The minimum atomic E-state index is -0.879. The minimum Gasteiger partial charge on any atom is -0.491 e. The van der Waals surface area contributed by atoms with E-state index in [4.69, 9.17) is 9.47 Å². The fourth-order valence-corrected chi connectivity index (χ4v) is 3.49. The van der Waals surface area contributed by atoms with Crippen LogP contribution in [0.2, 0.25) is 0 Å². The number of aryl methyl sites for hydroxylation is 2. The van der Waals surface area contributed by atoms with E-state index < -0.39 is 12.2 Å². The van der Waals surface area contributed by atoms with Gasteiger partial charge in [0.05, 0.1) is 30.7 Å². The van der Waals surface area contributed by atoms with Gasteiger partial charge >= 0.3 is 0 Å². The smallest absolute Gasteiger partial charge is 0.142 e. The Morgan fingerprint density at radius 2 is 1.93 bits per heavy atom. The van der Waals surface area contributed by atoms with Gasteiger partial charge in [-0.3, -0.25) is 4.68 Å². The topological polar surface area (TPSA) is 80.0 Å². The van der Waals surface area contributed by atoms with E-state index in [9.17, 15) is 10.2 Å². The lowest BCUT2D eigenvalue weighted by molar-refractivity contribution is -0.0405. The molecule has 29 heavy (non-hydrogen) atoms. The Balaban J connectivity index is 1.86. The van der Waals surface area contributed by atoms with Crippen LogP contribution in [-0.2, 0) is 17.8 Å². The average Bonchev–Trinajstić information content (AvgIpc) is 3.09.